The molecule has 0 aromatic heterocycles. The molecule has 1 atom stereocenters. The smallest absolute Gasteiger partial charge is 0.395 e. The summed E-state index contributed by atoms with van der Waals surface area (Å²) in [6.07, 6.45) is -4.78. The Bertz CT molecular complexity index is 372. The SMILES string of the molecule is [2H]C1([2H])C(CCC(=O)O)=CC=CC1C(F)(F)F. The van der Waals surface area contributed by atoms with Crippen molar-refractivity contribution in [2.24, 2.45) is 5.92 Å². The summed E-state index contributed by atoms with van der Waals surface area (Å²) in [5, 5.41) is 8.45. The number of hydrogen-bond acceptors (Lipinski definition) is 1. The zero-order valence-corrected chi connectivity index (χ0v) is 7.71. The summed E-state index contributed by atoms with van der Waals surface area (Å²) in [5.41, 5.74) is -0.135. The fourth-order valence-corrected chi connectivity index (χ4v) is 1.17. The second-order valence-corrected chi connectivity index (χ2v) is 3.13. The number of hydrogen-bond donors (Lipinski definition) is 1. The van der Waals surface area contributed by atoms with Gasteiger partial charge in [-0.1, -0.05) is 23.8 Å². The van der Waals surface area contributed by atoms with Crippen LogP contribution in [0.5, 0.6) is 0 Å². The summed E-state index contributed by atoms with van der Waals surface area (Å²) in [4.78, 5) is 10.3. The number of aliphatic carboxylic acids is 1. The van der Waals surface area contributed by atoms with E-state index in [9.17, 15) is 18.0 Å². The van der Waals surface area contributed by atoms with E-state index in [-0.39, 0.29) is 18.4 Å². The van der Waals surface area contributed by atoms with Gasteiger partial charge >= 0.3 is 12.1 Å². The number of allylic oxidation sites excluding steroid dienone is 4. The predicted octanol–water partition coefficient (Wildman–Crippen LogP) is 2.92. The molecule has 0 aromatic rings. The van der Waals surface area contributed by atoms with Crippen molar-refractivity contribution in [3.05, 3.63) is 23.8 Å². The lowest BCUT2D eigenvalue weighted by atomic mass is 9.91. The Morgan fingerprint density at radius 3 is 2.87 bits per heavy atom. The van der Waals surface area contributed by atoms with E-state index in [4.69, 9.17) is 7.85 Å². The van der Waals surface area contributed by atoms with Crippen LogP contribution < -0.4 is 0 Å². The van der Waals surface area contributed by atoms with Crippen molar-refractivity contribution in [2.45, 2.75) is 25.4 Å². The molecule has 1 N–H and O–H groups in total. The third kappa shape index (κ3) is 3.77. The minimum atomic E-state index is -4.68. The van der Waals surface area contributed by atoms with E-state index in [1.54, 1.807) is 0 Å². The molecule has 84 valence electrons. The molecule has 15 heavy (non-hydrogen) atoms. The molecule has 1 aliphatic carbocycles. The van der Waals surface area contributed by atoms with E-state index in [1.165, 1.54) is 6.08 Å². The first kappa shape index (κ1) is 9.00. The first-order valence-electron chi connectivity index (χ1n) is 5.32. The largest absolute Gasteiger partial charge is 0.481 e. The summed E-state index contributed by atoms with van der Waals surface area (Å²) in [5.74, 6) is -3.39. The van der Waals surface area contributed by atoms with Crippen LogP contribution in [0.3, 0.4) is 0 Å². The first-order chi connectivity index (χ1) is 7.65. The van der Waals surface area contributed by atoms with Crippen LogP contribution in [-0.4, -0.2) is 17.3 Å². The van der Waals surface area contributed by atoms with E-state index in [0.717, 1.165) is 12.2 Å². The highest BCUT2D eigenvalue weighted by Crippen LogP contribution is 2.35. The summed E-state index contributed by atoms with van der Waals surface area (Å²) < 4.78 is 52.7. The summed E-state index contributed by atoms with van der Waals surface area (Å²) in [7, 11) is 0. The second-order valence-electron chi connectivity index (χ2n) is 3.13. The van der Waals surface area contributed by atoms with E-state index < -0.39 is 24.4 Å². The molecule has 1 rings (SSSR count). The number of alkyl halides is 3. The fourth-order valence-electron chi connectivity index (χ4n) is 1.17. The molecule has 0 heterocycles. The van der Waals surface area contributed by atoms with E-state index in [2.05, 4.69) is 0 Å². The Morgan fingerprint density at radius 1 is 1.67 bits per heavy atom. The summed E-state index contributed by atoms with van der Waals surface area (Å²) in [6, 6.07) is 0. The molecular formula is C10H11F3O2. The monoisotopic (exact) mass is 222 g/mol. The molecule has 0 saturated heterocycles. The molecule has 0 aromatic carbocycles. The van der Waals surface area contributed by atoms with Gasteiger partial charge in [-0.15, -0.1) is 0 Å². The maximum atomic E-state index is 12.6. The maximum absolute atomic E-state index is 12.6. The quantitative estimate of drug-likeness (QED) is 0.797. The first-order valence-corrected chi connectivity index (χ1v) is 4.32. The Labute approximate surface area is 87.9 Å². The molecule has 1 unspecified atom stereocenters. The van der Waals surface area contributed by atoms with Crippen LogP contribution in [0.1, 0.15) is 22.0 Å². The van der Waals surface area contributed by atoms with Gasteiger partial charge in [0, 0.05) is 9.16 Å². The highest BCUT2D eigenvalue weighted by molar-refractivity contribution is 5.67. The van der Waals surface area contributed by atoms with Gasteiger partial charge in [-0.2, -0.15) is 13.2 Å². The molecule has 5 heteroatoms. The van der Waals surface area contributed by atoms with Crippen LogP contribution in [0.25, 0.3) is 0 Å². The predicted molar refractivity (Wildman–Crippen MR) is 48.3 cm³/mol. The second kappa shape index (κ2) is 4.51. The van der Waals surface area contributed by atoms with Gasteiger partial charge < -0.3 is 5.11 Å². The standard InChI is InChI=1S/C10H11F3O2/c11-10(12,13)8-3-1-2-7(6-8)4-5-9(14)15/h1-3,8H,4-6H2,(H,14,15)/i6D2. The van der Waals surface area contributed by atoms with Crippen molar-refractivity contribution in [1.29, 1.82) is 0 Å². The van der Waals surface area contributed by atoms with Gasteiger partial charge in [0.25, 0.3) is 0 Å². The van der Waals surface area contributed by atoms with Crippen LogP contribution >= 0.6 is 0 Å². The van der Waals surface area contributed by atoms with Gasteiger partial charge in [0.1, 0.15) is 0 Å². The van der Waals surface area contributed by atoms with E-state index in [1.807, 2.05) is 0 Å². The van der Waals surface area contributed by atoms with Crippen LogP contribution in [0.2, 0.25) is 0 Å². The molecule has 0 bridgehead atoms. The summed E-state index contributed by atoms with van der Waals surface area (Å²) >= 11 is 0. The van der Waals surface area contributed by atoms with Crippen molar-refractivity contribution in [1.82, 2.24) is 0 Å². The molecule has 0 spiro atoms. The van der Waals surface area contributed by atoms with Crippen LogP contribution in [-0.2, 0) is 4.79 Å². The molecule has 0 aliphatic heterocycles. The van der Waals surface area contributed by atoms with E-state index in [0.29, 0.717) is 0 Å². The maximum Gasteiger partial charge on any atom is 0.395 e. The Kier molecular flexibility index (Phi) is 2.70. The van der Waals surface area contributed by atoms with Crippen molar-refractivity contribution in [2.75, 3.05) is 0 Å². The number of carboxylic acids is 1. The van der Waals surface area contributed by atoms with Gasteiger partial charge in [-0.3, -0.25) is 4.79 Å². The van der Waals surface area contributed by atoms with Crippen molar-refractivity contribution in [3.63, 3.8) is 0 Å². The van der Waals surface area contributed by atoms with Gasteiger partial charge in [-0.25, -0.2) is 0 Å². The zero-order chi connectivity index (χ0) is 13.3. The fraction of sp³-hybridized carbons (Fsp3) is 0.500. The highest BCUT2D eigenvalue weighted by Gasteiger charge is 2.38. The molecule has 0 fully saturated rings. The average Bonchev–Trinajstić information content (AvgIpc) is 2.12. The average molecular weight is 222 g/mol. The molecule has 1 aliphatic rings. The molecule has 0 amide bonds. The minimum Gasteiger partial charge on any atom is -0.481 e. The lowest BCUT2D eigenvalue weighted by Gasteiger charge is -2.20. The third-order valence-electron chi connectivity index (χ3n) is 1.90. The third-order valence-corrected chi connectivity index (χ3v) is 1.90. The normalized spacial score (nSPS) is 26.6. The number of carbonyl (C=O) groups is 1. The lowest BCUT2D eigenvalue weighted by Crippen LogP contribution is -2.22. The minimum absolute atomic E-state index is 0.135. The zero-order valence-electron chi connectivity index (χ0n) is 9.71. The van der Waals surface area contributed by atoms with E-state index >= 15 is 0 Å². The van der Waals surface area contributed by atoms with Gasteiger partial charge in [0.05, 0.1) is 5.92 Å². The van der Waals surface area contributed by atoms with Crippen LogP contribution in [0, 0.1) is 5.92 Å². The Balaban J connectivity index is 2.90. The topological polar surface area (TPSA) is 37.3 Å². The molecule has 0 radical (unpaired) electrons. The van der Waals surface area contributed by atoms with Crippen LogP contribution in [0.4, 0.5) is 13.2 Å². The van der Waals surface area contributed by atoms with Gasteiger partial charge in [0.2, 0.25) is 0 Å². The number of halogens is 3. The van der Waals surface area contributed by atoms with Crippen molar-refractivity contribution in [3.8, 4) is 0 Å². The van der Waals surface area contributed by atoms with Gasteiger partial charge in [0.15, 0.2) is 0 Å². The van der Waals surface area contributed by atoms with Gasteiger partial charge in [-0.05, 0) is 12.8 Å². The van der Waals surface area contributed by atoms with Crippen molar-refractivity contribution < 1.29 is 25.8 Å². The summed E-state index contributed by atoms with van der Waals surface area (Å²) in [6.45, 7) is 0. The molecule has 0 saturated carbocycles. The Hall–Kier alpha value is -1.26. The molecular weight excluding hydrogens is 209 g/mol. The Morgan fingerprint density at radius 2 is 2.33 bits per heavy atom. The highest BCUT2D eigenvalue weighted by atomic mass is 19.4. The molecule has 2 nitrogen and oxygen atoms in total. The number of rotatable bonds is 3. The lowest BCUT2D eigenvalue weighted by molar-refractivity contribution is -0.161. The van der Waals surface area contributed by atoms with Crippen molar-refractivity contribution >= 4 is 5.97 Å². The van der Waals surface area contributed by atoms with Crippen LogP contribution in [0.15, 0.2) is 23.8 Å². The number of carboxylic acid groups (broad SMARTS) is 1.